The van der Waals surface area contributed by atoms with Gasteiger partial charge in [0.05, 0.1) is 13.0 Å². The molecule has 0 aromatic heterocycles. The van der Waals surface area contributed by atoms with Crippen LogP contribution in [-0.2, 0) is 0 Å². The Morgan fingerprint density at radius 3 is 2.50 bits per heavy atom. The molecular formula is C12H28N4S2+2. The Kier molecular flexibility index (Phi) is 13.1. The normalized spacial score (nSPS) is 11.8. The van der Waals surface area contributed by atoms with Gasteiger partial charge in [0.2, 0.25) is 5.84 Å². The Labute approximate surface area is 119 Å². The fourth-order valence-corrected chi connectivity index (χ4v) is 3.39. The van der Waals surface area contributed by atoms with Crippen molar-refractivity contribution in [1.29, 1.82) is 0 Å². The van der Waals surface area contributed by atoms with E-state index in [1.807, 2.05) is 35.6 Å². The van der Waals surface area contributed by atoms with E-state index in [4.69, 9.17) is 11.1 Å². The van der Waals surface area contributed by atoms with E-state index in [2.05, 4.69) is 10.3 Å². The number of nitrogens with one attached hydrogen (secondary N) is 2. The molecule has 0 heterocycles. The van der Waals surface area contributed by atoms with Crippen LogP contribution < -0.4 is 21.5 Å². The summed E-state index contributed by atoms with van der Waals surface area (Å²) in [6, 6.07) is 0. The lowest BCUT2D eigenvalue weighted by molar-refractivity contribution is -0.460. The average molecular weight is 293 g/mol. The van der Waals surface area contributed by atoms with Crippen LogP contribution in [0.2, 0.25) is 0 Å². The van der Waals surface area contributed by atoms with Crippen LogP contribution in [0.25, 0.3) is 0 Å². The molecule has 106 valence electrons. The van der Waals surface area contributed by atoms with Crippen molar-refractivity contribution >= 4 is 33.1 Å². The Morgan fingerprint density at radius 1 is 1.22 bits per heavy atom. The van der Waals surface area contributed by atoms with E-state index < -0.39 is 0 Å². The molecule has 0 aliphatic heterocycles. The van der Waals surface area contributed by atoms with Gasteiger partial charge in [0.15, 0.2) is 0 Å². The molecule has 0 amide bonds. The monoisotopic (exact) mass is 292 g/mol. The molecule has 0 rings (SSSR count). The van der Waals surface area contributed by atoms with Crippen LogP contribution in [0.5, 0.6) is 0 Å². The lowest BCUT2D eigenvalue weighted by atomic mass is 10.3. The Bertz CT molecular complexity index is 244. The van der Waals surface area contributed by atoms with Crippen molar-refractivity contribution in [3.05, 3.63) is 0 Å². The van der Waals surface area contributed by atoms with Gasteiger partial charge >= 0.3 is 0 Å². The van der Waals surface area contributed by atoms with Crippen molar-refractivity contribution < 1.29 is 10.4 Å². The first-order valence-electron chi connectivity index (χ1n) is 6.49. The molecule has 0 spiro atoms. The van der Waals surface area contributed by atoms with Crippen LogP contribution in [0, 0.1) is 0 Å². The maximum Gasteiger partial charge on any atom is 0.241 e. The van der Waals surface area contributed by atoms with Gasteiger partial charge in [-0.1, -0.05) is 21.6 Å². The van der Waals surface area contributed by atoms with Crippen molar-refractivity contribution in [1.82, 2.24) is 5.32 Å². The first kappa shape index (κ1) is 17.8. The molecule has 0 radical (unpaired) electrons. The zero-order valence-corrected chi connectivity index (χ0v) is 13.3. The molecule has 0 bridgehead atoms. The Balaban J connectivity index is 3.32. The highest BCUT2D eigenvalue weighted by Crippen LogP contribution is 2.22. The summed E-state index contributed by atoms with van der Waals surface area (Å²) in [5, 5.41) is 8.74. The van der Waals surface area contributed by atoms with E-state index in [9.17, 15) is 0 Å². The van der Waals surface area contributed by atoms with Crippen LogP contribution in [0.15, 0.2) is 0 Å². The number of hydrogen-bond donors (Lipinski definition) is 4. The first-order chi connectivity index (χ1) is 8.66. The van der Waals surface area contributed by atoms with Crippen LogP contribution >= 0.6 is 21.6 Å². The summed E-state index contributed by atoms with van der Waals surface area (Å²) in [7, 11) is 5.72. The average Bonchev–Trinajstić information content (AvgIpc) is 2.33. The van der Waals surface area contributed by atoms with Crippen LogP contribution in [0.4, 0.5) is 0 Å². The number of unbranched alkanes of at least 4 members (excludes halogenated alkanes) is 1. The Morgan fingerprint density at radius 2 is 1.89 bits per heavy atom. The van der Waals surface area contributed by atoms with Crippen LogP contribution in [0.3, 0.4) is 0 Å². The number of amidine groups is 1. The largest absolute Gasteiger partial charge is 0.320 e. The smallest absolute Gasteiger partial charge is 0.241 e. The second kappa shape index (κ2) is 13.2. The molecule has 0 saturated carbocycles. The third-order valence-electron chi connectivity index (χ3n) is 2.32. The van der Waals surface area contributed by atoms with Gasteiger partial charge in [-0.2, -0.15) is 0 Å². The molecule has 18 heavy (non-hydrogen) atoms. The summed E-state index contributed by atoms with van der Waals surface area (Å²) in [5.41, 5.74) is 6.91. The molecule has 0 saturated heterocycles. The van der Waals surface area contributed by atoms with Crippen molar-refractivity contribution in [2.24, 2.45) is 5.73 Å². The topological polar surface area (TPSA) is 77.6 Å². The van der Waals surface area contributed by atoms with Crippen molar-refractivity contribution in [2.45, 2.75) is 32.6 Å². The fraction of sp³-hybridized carbons (Fsp3) is 0.833. The third-order valence-corrected chi connectivity index (χ3v) is 4.73. The molecule has 0 aromatic carbocycles. The fourth-order valence-electron chi connectivity index (χ4n) is 1.24. The van der Waals surface area contributed by atoms with Gasteiger partial charge in [-0.15, -0.1) is 0 Å². The maximum absolute atomic E-state index is 5.89. The van der Waals surface area contributed by atoms with E-state index >= 15 is 0 Å². The van der Waals surface area contributed by atoms with Gasteiger partial charge in [-0.3, -0.25) is 16.1 Å². The maximum atomic E-state index is 5.89. The minimum Gasteiger partial charge on any atom is -0.320 e. The number of hydrogen-bond acceptors (Lipinski definition) is 3. The van der Waals surface area contributed by atoms with E-state index in [-0.39, 0.29) is 0 Å². The molecule has 6 heteroatoms. The highest BCUT2D eigenvalue weighted by molar-refractivity contribution is 8.76. The van der Waals surface area contributed by atoms with Gasteiger partial charge in [0.1, 0.15) is 5.71 Å². The molecule has 6 N–H and O–H groups in total. The molecule has 0 atom stereocenters. The number of rotatable bonds is 12. The second-order valence-electron chi connectivity index (χ2n) is 4.25. The molecular weight excluding hydrogens is 264 g/mol. The van der Waals surface area contributed by atoms with Crippen molar-refractivity contribution in [3.63, 3.8) is 0 Å². The molecule has 4 nitrogen and oxygen atoms in total. The Hall–Kier alpha value is -0.200. The van der Waals surface area contributed by atoms with E-state index in [1.165, 1.54) is 6.42 Å². The zero-order chi connectivity index (χ0) is 13.6. The van der Waals surface area contributed by atoms with E-state index in [0.29, 0.717) is 0 Å². The zero-order valence-electron chi connectivity index (χ0n) is 11.6. The summed E-state index contributed by atoms with van der Waals surface area (Å²) in [6.07, 6.45) is 4.29. The minimum absolute atomic E-state index is 0.911. The second-order valence-corrected chi connectivity index (χ2v) is 6.96. The quantitative estimate of drug-likeness (QED) is 0.158. The molecule has 0 aromatic rings. The molecule has 0 unspecified atom stereocenters. The molecule has 0 fully saturated rings. The summed E-state index contributed by atoms with van der Waals surface area (Å²) in [4.78, 5) is 3.27. The lowest BCUT2D eigenvalue weighted by Crippen LogP contribution is -2.75. The van der Waals surface area contributed by atoms with Crippen molar-refractivity contribution in [2.75, 3.05) is 31.6 Å². The van der Waals surface area contributed by atoms with Crippen LogP contribution in [0.1, 0.15) is 32.6 Å². The lowest BCUT2D eigenvalue weighted by Gasteiger charge is -1.98. The highest BCUT2D eigenvalue weighted by atomic mass is 33.1. The summed E-state index contributed by atoms with van der Waals surface area (Å²) < 4.78 is 0. The molecule has 0 aliphatic rings. The van der Waals surface area contributed by atoms with Crippen LogP contribution in [-0.4, -0.2) is 43.2 Å². The van der Waals surface area contributed by atoms with E-state index in [1.54, 1.807) is 0 Å². The first-order valence-corrected chi connectivity index (χ1v) is 8.97. The highest BCUT2D eigenvalue weighted by Gasteiger charge is 2.00. The minimum atomic E-state index is 0.911. The van der Waals surface area contributed by atoms with Gasteiger partial charge in [-0.05, 0) is 26.4 Å². The van der Waals surface area contributed by atoms with Crippen molar-refractivity contribution in [3.8, 4) is 0 Å². The van der Waals surface area contributed by atoms with Gasteiger partial charge in [0.25, 0.3) is 0 Å². The summed E-state index contributed by atoms with van der Waals surface area (Å²) in [6.45, 7) is 4.02. The third kappa shape index (κ3) is 13.9. The summed E-state index contributed by atoms with van der Waals surface area (Å²) >= 11 is 0. The molecule has 0 aliphatic carbocycles. The van der Waals surface area contributed by atoms with Gasteiger partial charge < -0.3 is 5.32 Å². The van der Waals surface area contributed by atoms with Gasteiger partial charge in [-0.25, -0.2) is 0 Å². The summed E-state index contributed by atoms with van der Waals surface area (Å²) in [5.74, 6) is 3.06. The number of nitrogens with two attached hydrogens (primary N) is 2. The predicted octanol–water partition coefficient (Wildman–Crippen LogP) is -1.19. The van der Waals surface area contributed by atoms with E-state index in [0.717, 1.165) is 55.4 Å². The SMILES string of the molecule is CNCCCC[NH+]=C(N)CCSSCCC(C)=[NH2+]. The standard InChI is InChI=1S/C12H26N4S2/c1-11(13)5-9-17-18-10-6-12(14)16-8-4-3-7-15-2/h13,15H,3-10H2,1-2H3,(H2,14,16)/p+2. The predicted molar refractivity (Wildman–Crippen MR) is 84.9 cm³/mol. The van der Waals surface area contributed by atoms with Gasteiger partial charge in [0, 0.05) is 24.9 Å².